The Hall–Kier alpha value is -2.94. The number of esters is 3. The van der Waals surface area contributed by atoms with Crippen molar-refractivity contribution in [3.05, 3.63) is 23.8 Å². The third-order valence-corrected chi connectivity index (χ3v) is 5.10. The van der Waals surface area contributed by atoms with Crippen LogP contribution in [0.25, 0.3) is 0 Å². The van der Waals surface area contributed by atoms with Gasteiger partial charge in [-0.1, -0.05) is 61.5 Å². The molecule has 2 atom stereocenters. The molecule has 9 nitrogen and oxygen atoms in total. The van der Waals surface area contributed by atoms with Gasteiger partial charge in [0.2, 0.25) is 0 Å². The molecule has 0 saturated heterocycles. The second kappa shape index (κ2) is 14.3. The largest absolute Gasteiger partial charge is 0.480 e. The Morgan fingerprint density at radius 3 is 1.84 bits per heavy atom. The summed E-state index contributed by atoms with van der Waals surface area (Å²) in [6.45, 7) is 17.1. The fourth-order valence-electron chi connectivity index (χ4n) is 3.47. The maximum absolute atomic E-state index is 12.6. The monoisotopic (exact) mass is 535 g/mol. The van der Waals surface area contributed by atoms with Gasteiger partial charge in [0.15, 0.2) is 11.5 Å². The first-order valence-electron chi connectivity index (χ1n) is 13.0. The van der Waals surface area contributed by atoms with Gasteiger partial charge in [-0.2, -0.15) is 0 Å². The molecule has 1 rings (SSSR count). The van der Waals surface area contributed by atoms with E-state index in [0.717, 1.165) is 0 Å². The minimum atomic E-state index is -1.09. The highest BCUT2D eigenvalue weighted by Gasteiger charge is 2.24. The van der Waals surface area contributed by atoms with Crippen molar-refractivity contribution in [2.24, 2.45) is 16.7 Å². The van der Waals surface area contributed by atoms with E-state index >= 15 is 0 Å². The standard InChI is InChI=1S/C29H45NO8/c1-18(2)12-24(31)36-19(3)17-30-21(27(34)35)13-20-10-11-22(37-25(32)15-28(4,5)6)23(14-20)38-26(33)16-29(7,8)9/h10-11,14,18-19,21,30H,12-13,15-17H2,1-9H3,(H,34,35)/t19?,21-/m0/s1. The molecule has 0 heterocycles. The smallest absolute Gasteiger partial charge is 0.321 e. The van der Waals surface area contributed by atoms with Gasteiger partial charge in [-0.3, -0.25) is 19.2 Å². The number of hydrogen-bond acceptors (Lipinski definition) is 8. The van der Waals surface area contributed by atoms with Crippen LogP contribution in [0, 0.1) is 16.7 Å². The maximum atomic E-state index is 12.6. The van der Waals surface area contributed by atoms with Crippen LogP contribution in [0.15, 0.2) is 18.2 Å². The average molecular weight is 536 g/mol. The second-order valence-electron chi connectivity index (χ2n) is 12.6. The fourth-order valence-corrected chi connectivity index (χ4v) is 3.47. The highest BCUT2D eigenvalue weighted by Crippen LogP contribution is 2.32. The lowest BCUT2D eigenvalue weighted by atomic mass is 9.92. The zero-order chi connectivity index (χ0) is 29.3. The summed E-state index contributed by atoms with van der Waals surface area (Å²) in [6, 6.07) is 3.66. The molecule has 1 aromatic rings. The Balaban J connectivity index is 3.06. The summed E-state index contributed by atoms with van der Waals surface area (Å²) in [4.78, 5) is 48.8. The van der Waals surface area contributed by atoms with Crippen LogP contribution in [0.2, 0.25) is 0 Å². The first-order chi connectivity index (χ1) is 17.3. The van der Waals surface area contributed by atoms with Gasteiger partial charge in [0.05, 0.1) is 12.8 Å². The number of benzene rings is 1. The number of carbonyl (C=O) groups is 4. The summed E-state index contributed by atoms with van der Waals surface area (Å²) in [5.74, 6) is -2.07. The molecule has 214 valence electrons. The van der Waals surface area contributed by atoms with Gasteiger partial charge >= 0.3 is 23.9 Å². The molecule has 0 bridgehead atoms. The summed E-state index contributed by atoms with van der Waals surface area (Å²) in [5, 5.41) is 12.7. The van der Waals surface area contributed by atoms with E-state index in [1.165, 1.54) is 12.1 Å². The van der Waals surface area contributed by atoms with Crippen LogP contribution in [0.3, 0.4) is 0 Å². The molecule has 0 spiro atoms. The average Bonchev–Trinajstić information content (AvgIpc) is 2.69. The summed E-state index contributed by atoms with van der Waals surface area (Å²) in [6.07, 6.45) is 0.133. The molecular formula is C29H45NO8. The van der Waals surface area contributed by atoms with Gasteiger partial charge in [0.1, 0.15) is 12.1 Å². The molecule has 1 aromatic carbocycles. The van der Waals surface area contributed by atoms with E-state index in [-0.39, 0.29) is 66.4 Å². The summed E-state index contributed by atoms with van der Waals surface area (Å²) >= 11 is 0. The van der Waals surface area contributed by atoms with Crippen molar-refractivity contribution >= 4 is 23.9 Å². The topological polar surface area (TPSA) is 128 Å². The van der Waals surface area contributed by atoms with Crippen LogP contribution >= 0.6 is 0 Å². The van der Waals surface area contributed by atoms with Gasteiger partial charge < -0.3 is 24.6 Å². The third kappa shape index (κ3) is 14.1. The molecule has 0 aromatic heterocycles. The maximum Gasteiger partial charge on any atom is 0.321 e. The number of aliphatic carboxylic acids is 1. The number of carbonyl (C=O) groups excluding carboxylic acids is 3. The van der Waals surface area contributed by atoms with Crippen molar-refractivity contribution in [3.8, 4) is 11.5 Å². The minimum absolute atomic E-state index is 0.0548. The molecule has 2 N–H and O–H groups in total. The van der Waals surface area contributed by atoms with Crippen LogP contribution in [0.1, 0.15) is 87.1 Å². The summed E-state index contributed by atoms with van der Waals surface area (Å²) in [5.41, 5.74) is -0.0462. The lowest BCUT2D eigenvalue weighted by Crippen LogP contribution is -2.42. The first kappa shape index (κ1) is 33.1. The van der Waals surface area contributed by atoms with Crippen molar-refractivity contribution in [2.45, 2.75) is 100 Å². The fraction of sp³-hybridized carbons (Fsp3) is 0.655. The number of carboxylic acid groups (broad SMARTS) is 1. The highest BCUT2D eigenvalue weighted by atomic mass is 16.6. The minimum Gasteiger partial charge on any atom is -0.480 e. The van der Waals surface area contributed by atoms with Gasteiger partial charge in [-0.25, -0.2) is 0 Å². The van der Waals surface area contributed by atoms with Gasteiger partial charge in [-0.05, 0) is 47.8 Å². The predicted molar refractivity (Wildman–Crippen MR) is 144 cm³/mol. The molecule has 0 saturated carbocycles. The molecule has 0 radical (unpaired) electrons. The van der Waals surface area contributed by atoms with E-state index in [9.17, 15) is 24.3 Å². The van der Waals surface area contributed by atoms with Crippen molar-refractivity contribution in [2.75, 3.05) is 6.54 Å². The Kier molecular flexibility index (Phi) is 12.4. The zero-order valence-electron chi connectivity index (χ0n) is 24.3. The normalized spacial score (nSPS) is 13.5. The number of nitrogens with one attached hydrogen (secondary N) is 1. The molecule has 38 heavy (non-hydrogen) atoms. The van der Waals surface area contributed by atoms with E-state index in [4.69, 9.17) is 14.2 Å². The zero-order valence-corrected chi connectivity index (χ0v) is 24.3. The number of carboxylic acids is 1. The van der Waals surface area contributed by atoms with E-state index in [1.807, 2.05) is 55.4 Å². The van der Waals surface area contributed by atoms with Gasteiger partial charge in [0.25, 0.3) is 0 Å². The number of rotatable bonds is 13. The highest BCUT2D eigenvalue weighted by molar-refractivity contribution is 5.77. The Morgan fingerprint density at radius 2 is 1.37 bits per heavy atom. The van der Waals surface area contributed by atoms with Crippen LogP contribution in [0.4, 0.5) is 0 Å². The Bertz CT molecular complexity index is 972. The quantitative estimate of drug-likeness (QED) is 0.267. The van der Waals surface area contributed by atoms with Gasteiger partial charge in [0, 0.05) is 13.0 Å². The lowest BCUT2D eigenvalue weighted by molar-refractivity contribution is -0.149. The van der Waals surface area contributed by atoms with E-state index < -0.39 is 30.1 Å². The van der Waals surface area contributed by atoms with Crippen LogP contribution < -0.4 is 14.8 Å². The molecule has 0 amide bonds. The summed E-state index contributed by atoms with van der Waals surface area (Å²) < 4.78 is 16.4. The second-order valence-corrected chi connectivity index (χ2v) is 12.6. The molecule has 0 aliphatic heterocycles. The molecular weight excluding hydrogens is 490 g/mol. The van der Waals surface area contributed by atoms with E-state index in [1.54, 1.807) is 13.0 Å². The first-order valence-corrected chi connectivity index (χ1v) is 13.0. The van der Waals surface area contributed by atoms with Crippen LogP contribution in [-0.4, -0.2) is 47.7 Å². The third-order valence-electron chi connectivity index (χ3n) is 5.10. The van der Waals surface area contributed by atoms with Crippen molar-refractivity contribution in [1.29, 1.82) is 0 Å². The molecule has 0 aliphatic carbocycles. The van der Waals surface area contributed by atoms with Crippen LogP contribution in [0.5, 0.6) is 11.5 Å². The summed E-state index contributed by atoms with van der Waals surface area (Å²) in [7, 11) is 0. The molecule has 0 fully saturated rings. The van der Waals surface area contributed by atoms with Crippen molar-refractivity contribution < 1.29 is 38.5 Å². The predicted octanol–water partition coefficient (Wildman–Crippen LogP) is 4.93. The Morgan fingerprint density at radius 1 is 0.842 bits per heavy atom. The molecule has 1 unspecified atom stereocenters. The number of ether oxygens (including phenoxy) is 3. The number of hydrogen-bond donors (Lipinski definition) is 2. The van der Waals surface area contributed by atoms with Crippen molar-refractivity contribution in [3.63, 3.8) is 0 Å². The van der Waals surface area contributed by atoms with Crippen LogP contribution in [-0.2, 0) is 30.3 Å². The van der Waals surface area contributed by atoms with Crippen molar-refractivity contribution in [1.82, 2.24) is 5.32 Å². The van der Waals surface area contributed by atoms with E-state index in [2.05, 4.69) is 5.32 Å². The van der Waals surface area contributed by atoms with Gasteiger partial charge in [-0.15, -0.1) is 0 Å². The Labute approximate surface area is 226 Å². The molecule has 0 aliphatic rings. The lowest BCUT2D eigenvalue weighted by Gasteiger charge is -2.21. The van der Waals surface area contributed by atoms with E-state index in [0.29, 0.717) is 5.56 Å². The molecule has 9 heteroatoms. The SMILES string of the molecule is CC(C)CC(=O)OC(C)CN[C@@H](Cc1ccc(OC(=O)CC(C)(C)C)c(OC(=O)CC(C)(C)C)c1)C(=O)O.